The molecule has 324 valence electrons. The van der Waals surface area contributed by atoms with E-state index in [0.717, 1.165) is 43.9 Å². The number of phosphoric acid groups is 1. The molecule has 1 rings (SSSR count). The summed E-state index contributed by atoms with van der Waals surface area (Å²) in [5, 5.41) is 2.56. The summed E-state index contributed by atoms with van der Waals surface area (Å²) >= 11 is 4.00. The van der Waals surface area contributed by atoms with Gasteiger partial charge in [-0.1, -0.05) is 168 Å². The lowest BCUT2D eigenvalue weighted by molar-refractivity contribution is -0.161. The zero-order valence-electron chi connectivity index (χ0n) is 35.1. The monoisotopic (exact) mass is 820 g/mol. The second kappa shape index (κ2) is 36.0. The third kappa shape index (κ3) is 33.5. The zero-order chi connectivity index (χ0) is 40.2. The minimum absolute atomic E-state index is 0.0239. The van der Waals surface area contributed by atoms with Crippen LogP contribution >= 0.6 is 20.5 Å². The first kappa shape index (κ1) is 51.9. The van der Waals surface area contributed by atoms with Crippen LogP contribution in [0.1, 0.15) is 206 Å². The van der Waals surface area contributed by atoms with E-state index in [2.05, 4.69) is 31.8 Å². The first-order chi connectivity index (χ1) is 26.7. The van der Waals surface area contributed by atoms with Crippen LogP contribution in [-0.4, -0.2) is 61.0 Å². The van der Waals surface area contributed by atoms with Crippen LogP contribution in [0, 0.1) is 11.8 Å². The number of nitrogens with one attached hydrogen (secondary N) is 1. The fraction of sp³-hybridized carbons (Fsp3) is 0.930. The second-order valence-corrected chi connectivity index (χ2v) is 17.7. The van der Waals surface area contributed by atoms with E-state index in [9.17, 15) is 23.8 Å². The van der Waals surface area contributed by atoms with Crippen LogP contribution in [0.25, 0.3) is 0 Å². The molecule has 10 nitrogen and oxygen atoms in total. The summed E-state index contributed by atoms with van der Waals surface area (Å²) < 4.78 is 33.5. The van der Waals surface area contributed by atoms with Crippen LogP contribution < -0.4 is 5.32 Å². The van der Waals surface area contributed by atoms with Gasteiger partial charge < -0.3 is 19.7 Å². The Bertz CT molecular complexity index is 1000. The summed E-state index contributed by atoms with van der Waals surface area (Å²) in [5.74, 6) is 1.17. The minimum atomic E-state index is -4.51. The van der Waals surface area contributed by atoms with E-state index in [4.69, 9.17) is 18.5 Å². The summed E-state index contributed by atoms with van der Waals surface area (Å²) in [6, 6.07) is 0. The van der Waals surface area contributed by atoms with Crippen LogP contribution in [0.2, 0.25) is 0 Å². The number of carbonyl (C=O) groups is 3. The molecule has 4 atom stereocenters. The molecular formula is C43H82NO9PS. The molecule has 0 aromatic rings. The summed E-state index contributed by atoms with van der Waals surface area (Å²) in [7, 11) is -4.51. The molecular weight excluding hydrogens is 738 g/mol. The number of ether oxygens (including phenoxy) is 2. The van der Waals surface area contributed by atoms with E-state index in [1.807, 2.05) is 0 Å². The van der Waals surface area contributed by atoms with Gasteiger partial charge in [-0.15, -0.1) is 0 Å². The van der Waals surface area contributed by atoms with Gasteiger partial charge in [-0.2, -0.15) is 12.6 Å². The van der Waals surface area contributed by atoms with Gasteiger partial charge in [0.15, 0.2) is 6.10 Å². The Kier molecular flexibility index (Phi) is 34.0. The van der Waals surface area contributed by atoms with Gasteiger partial charge in [0, 0.05) is 25.8 Å². The Hall–Kier alpha value is -1.13. The molecule has 0 aromatic heterocycles. The van der Waals surface area contributed by atoms with Gasteiger partial charge in [-0.05, 0) is 36.9 Å². The van der Waals surface area contributed by atoms with Gasteiger partial charge in [-0.25, -0.2) is 4.57 Å². The molecule has 12 heteroatoms. The number of carbonyl (C=O) groups excluding carboxylic acids is 3. The molecule has 0 spiro atoms. The Morgan fingerprint density at radius 3 is 1.58 bits per heavy atom. The molecule has 1 amide bonds. The van der Waals surface area contributed by atoms with Crippen molar-refractivity contribution in [2.45, 2.75) is 213 Å². The van der Waals surface area contributed by atoms with E-state index in [1.54, 1.807) is 0 Å². The summed E-state index contributed by atoms with van der Waals surface area (Å²) in [5.41, 5.74) is 0. The van der Waals surface area contributed by atoms with Crippen LogP contribution in [0.3, 0.4) is 0 Å². The highest BCUT2D eigenvalue weighted by Crippen LogP contribution is 2.46. The van der Waals surface area contributed by atoms with E-state index < -0.39 is 32.5 Å². The van der Waals surface area contributed by atoms with E-state index in [0.29, 0.717) is 12.2 Å². The number of amides is 1. The third-order valence-corrected chi connectivity index (χ3v) is 11.8. The lowest BCUT2D eigenvalue weighted by Gasteiger charge is -2.20. The van der Waals surface area contributed by atoms with Crippen LogP contribution in [-0.2, 0) is 37.5 Å². The molecule has 1 saturated carbocycles. The normalized spacial score (nSPS) is 16.7. The third-order valence-electron chi connectivity index (χ3n) is 10.6. The number of hydrogen-bond donors (Lipinski definition) is 3. The number of phosphoric ester groups is 1. The number of hydrogen-bond acceptors (Lipinski definition) is 9. The minimum Gasteiger partial charge on any atom is -0.462 e. The van der Waals surface area contributed by atoms with Crippen molar-refractivity contribution in [2.24, 2.45) is 11.8 Å². The Morgan fingerprint density at radius 2 is 1.09 bits per heavy atom. The number of rotatable bonds is 41. The van der Waals surface area contributed by atoms with Crippen molar-refractivity contribution in [1.82, 2.24) is 5.32 Å². The molecule has 55 heavy (non-hydrogen) atoms. The van der Waals surface area contributed by atoms with Crippen LogP contribution in [0.5, 0.6) is 0 Å². The van der Waals surface area contributed by atoms with Crippen molar-refractivity contribution in [3.05, 3.63) is 0 Å². The second-order valence-electron chi connectivity index (χ2n) is 15.8. The quantitative estimate of drug-likeness (QED) is 0.0238. The van der Waals surface area contributed by atoms with Gasteiger partial charge in [0.05, 0.1) is 13.2 Å². The molecule has 0 bridgehead atoms. The fourth-order valence-electron chi connectivity index (χ4n) is 7.07. The lowest BCUT2D eigenvalue weighted by atomic mass is 10.0. The highest BCUT2D eigenvalue weighted by Gasteiger charge is 2.35. The average Bonchev–Trinajstić information content (AvgIpc) is 3.92. The molecule has 0 radical (unpaired) electrons. The van der Waals surface area contributed by atoms with Crippen molar-refractivity contribution >= 4 is 38.3 Å². The molecule has 0 aromatic carbocycles. The average molecular weight is 820 g/mol. The van der Waals surface area contributed by atoms with Crippen LogP contribution in [0.4, 0.5) is 0 Å². The van der Waals surface area contributed by atoms with E-state index in [-0.39, 0.29) is 44.9 Å². The first-order valence-electron chi connectivity index (χ1n) is 22.5. The smallest absolute Gasteiger partial charge is 0.462 e. The Morgan fingerprint density at radius 1 is 0.636 bits per heavy atom. The fourth-order valence-corrected chi connectivity index (χ4v) is 8.03. The Balaban J connectivity index is 2.31. The molecule has 0 aliphatic heterocycles. The van der Waals surface area contributed by atoms with E-state index >= 15 is 0 Å². The highest BCUT2D eigenvalue weighted by molar-refractivity contribution is 7.80. The number of thiol groups is 1. The maximum atomic E-state index is 12.7. The van der Waals surface area contributed by atoms with E-state index in [1.165, 1.54) is 135 Å². The lowest BCUT2D eigenvalue weighted by Crippen LogP contribution is -2.30. The van der Waals surface area contributed by atoms with Crippen molar-refractivity contribution in [3.63, 3.8) is 0 Å². The Labute approximate surface area is 341 Å². The summed E-state index contributed by atoms with van der Waals surface area (Å²) in [4.78, 5) is 46.9. The summed E-state index contributed by atoms with van der Waals surface area (Å²) in [6.07, 6.45) is 32.9. The molecule has 1 aliphatic rings. The highest BCUT2D eigenvalue weighted by atomic mass is 32.1. The topological polar surface area (TPSA) is 137 Å². The molecule has 0 saturated heterocycles. The molecule has 1 aliphatic carbocycles. The predicted octanol–water partition coefficient (Wildman–Crippen LogP) is 11.6. The van der Waals surface area contributed by atoms with Crippen molar-refractivity contribution in [3.8, 4) is 0 Å². The van der Waals surface area contributed by atoms with Gasteiger partial charge >= 0.3 is 19.8 Å². The molecule has 2 N–H and O–H groups in total. The van der Waals surface area contributed by atoms with Crippen molar-refractivity contribution in [2.75, 3.05) is 32.1 Å². The number of unbranched alkanes of at least 4 members (excludes halogenated alkanes) is 21. The van der Waals surface area contributed by atoms with Gasteiger partial charge in [0.25, 0.3) is 0 Å². The zero-order valence-corrected chi connectivity index (χ0v) is 36.9. The maximum absolute atomic E-state index is 12.7. The van der Waals surface area contributed by atoms with Gasteiger partial charge in [-0.3, -0.25) is 23.4 Å². The van der Waals surface area contributed by atoms with Crippen molar-refractivity contribution < 1.29 is 42.4 Å². The first-order valence-corrected chi connectivity index (χ1v) is 24.7. The van der Waals surface area contributed by atoms with Gasteiger partial charge in [0.2, 0.25) is 5.91 Å². The largest absolute Gasteiger partial charge is 0.472 e. The van der Waals surface area contributed by atoms with Gasteiger partial charge in [0.1, 0.15) is 6.61 Å². The summed E-state index contributed by atoms with van der Waals surface area (Å²) in [6.45, 7) is 3.54. The van der Waals surface area contributed by atoms with Crippen molar-refractivity contribution in [1.29, 1.82) is 0 Å². The molecule has 1 fully saturated rings. The predicted molar refractivity (Wildman–Crippen MR) is 226 cm³/mol. The maximum Gasteiger partial charge on any atom is 0.472 e. The molecule has 1 unspecified atom stereocenters. The van der Waals surface area contributed by atoms with Crippen LogP contribution in [0.15, 0.2) is 0 Å². The molecule has 0 heterocycles. The SMILES string of the molecule is CCCCCCCCCCCCCCCC(=O)OC[C@H](COP(=O)(O)OCCNC(=O)CCS)OC(=O)CCCCCCC[C@@H]1C[C@@H]1CCCCCCCC. The standard InChI is InChI=1S/C43H82NO9PS/c1-3-5-7-9-11-12-13-14-15-16-17-21-25-29-42(46)50-36-40(37-52-54(48,49)51-33-32-44-41(45)31-34-55)53-43(47)30-26-22-18-20-24-28-39-35-38(39)27-23-19-10-8-6-4-2/h38-40,55H,3-37H2,1-2H3,(H,44,45)(H,48,49)/t38-,39+,40+/m0/s1. The number of esters is 2.